The fourth-order valence-electron chi connectivity index (χ4n) is 2.13. The standard InChI is InChI=1S/C14H16N4O4/c1-3-4-5-12-11(9-19)15-16-17(12)13-8-10(18(20)21)6-7-14(13)22-2/h6-9H,3-5H2,1-2H3. The van der Waals surface area contributed by atoms with Crippen molar-refractivity contribution >= 4 is 12.0 Å². The topological polar surface area (TPSA) is 100 Å². The molecule has 0 unspecified atom stereocenters. The van der Waals surface area contributed by atoms with Gasteiger partial charge in [-0.2, -0.15) is 0 Å². The molecule has 2 aromatic rings. The highest BCUT2D eigenvalue weighted by Gasteiger charge is 2.19. The molecule has 116 valence electrons. The molecule has 0 aliphatic carbocycles. The van der Waals surface area contributed by atoms with E-state index in [9.17, 15) is 14.9 Å². The van der Waals surface area contributed by atoms with Crippen molar-refractivity contribution in [1.82, 2.24) is 15.0 Å². The summed E-state index contributed by atoms with van der Waals surface area (Å²) in [6.07, 6.45) is 3.03. The SMILES string of the molecule is CCCCc1c(C=O)nnn1-c1cc([N+](=O)[O-])ccc1OC. The van der Waals surface area contributed by atoms with Gasteiger partial charge >= 0.3 is 0 Å². The van der Waals surface area contributed by atoms with Crippen LogP contribution in [-0.4, -0.2) is 33.3 Å². The van der Waals surface area contributed by atoms with Crippen LogP contribution in [0.3, 0.4) is 0 Å². The zero-order chi connectivity index (χ0) is 16.1. The predicted octanol–water partition coefficient (Wildman–Crippen LogP) is 2.34. The predicted molar refractivity (Wildman–Crippen MR) is 78.6 cm³/mol. The van der Waals surface area contributed by atoms with Crippen molar-refractivity contribution in [2.45, 2.75) is 26.2 Å². The van der Waals surface area contributed by atoms with Gasteiger partial charge in [0.1, 0.15) is 17.1 Å². The monoisotopic (exact) mass is 304 g/mol. The largest absolute Gasteiger partial charge is 0.494 e. The van der Waals surface area contributed by atoms with Gasteiger partial charge in [0.2, 0.25) is 0 Å². The molecule has 0 spiro atoms. The van der Waals surface area contributed by atoms with E-state index < -0.39 is 4.92 Å². The van der Waals surface area contributed by atoms with Crippen molar-refractivity contribution in [3.8, 4) is 11.4 Å². The average molecular weight is 304 g/mol. The van der Waals surface area contributed by atoms with E-state index in [0.29, 0.717) is 29.8 Å². The van der Waals surface area contributed by atoms with Crippen LogP contribution in [0.5, 0.6) is 5.75 Å². The van der Waals surface area contributed by atoms with Crippen LogP contribution in [-0.2, 0) is 6.42 Å². The van der Waals surface area contributed by atoms with Gasteiger partial charge in [-0.15, -0.1) is 5.10 Å². The Bertz CT molecular complexity index is 696. The number of nitro benzene ring substituents is 1. The van der Waals surface area contributed by atoms with Gasteiger partial charge in [0.05, 0.1) is 17.7 Å². The van der Waals surface area contributed by atoms with Crippen molar-refractivity contribution < 1.29 is 14.5 Å². The number of rotatable bonds is 7. The zero-order valence-electron chi connectivity index (χ0n) is 12.4. The summed E-state index contributed by atoms with van der Waals surface area (Å²) in [5, 5.41) is 18.8. The number of carbonyl (C=O) groups excluding carboxylic acids is 1. The molecule has 0 fully saturated rings. The molecule has 0 atom stereocenters. The number of ether oxygens (including phenoxy) is 1. The van der Waals surface area contributed by atoms with E-state index in [4.69, 9.17) is 4.74 Å². The van der Waals surface area contributed by atoms with Gasteiger partial charge in [-0.3, -0.25) is 14.9 Å². The second-order valence-electron chi connectivity index (χ2n) is 4.67. The molecule has 0 aliphatic heterocycles. The molecule has 0 saturated carbocycles. The van der Waals surface area contributed by atoms with Crippen LogP contribution in [0, 0.1) is 10.1 Å². The van der Waals surface area contributed by atoms with E-state index >= 15 is 0 Å². The molecule has 0 aliphatic rings. The summed E-state index contributed by atoms with van der Waals surface area (Å²) >= 11 is 0. The van der Waals surface area contributed by atoms with E-state index in [2.05, 4.69) is 10.3 Å². The Morgan fingerprint density at radius 2 is 2.23 bits per heavy atom. The van der Waals surface area contributed by atoms with Crippen LogP contribution in [0.25, 0.3) is 5.69 Å². The van der Waals surface area contributed by atoms with E-state index in [1.807, 2.05) is 6.92 Å². The Morgan fingerprint density at radius 1 is 1.45 bits per heavy atom. The zero-order valence-corrected chi connectivity index (χ0v) is 12.4. The number of hydrogen-bond acceptors (Lipinski definition) is 6. The molecule has 8 nitrogen and oxygen atoms in total. The summed E-state index contributed by atoms with van der Waals surface area (Å²) in [5.74, 6) is 0.422. The molecule has 1 heterocycles. The Kier molecular flexibility index (Phi) is 4.82. The smallest absolute Gasteiger partial charge is 0.271 e. The third kappa shape index (κ3) is 2.95. The molecule has 22 heavy (non-hydrogen) atoms. The lowest BCUT2D eigenvalue weighted by atomic mass is 10.1. The lowest BCUT2D eigenvalue weighted by Crippen LogP contribution is -2.06. The first-order chi connectivity index (χ1) is 10.6. The second kappa shape index (κ2) is 6.79. The quantitative estimate of drug-likeness (QED) is 0.442. The van der Waals surface area contributed by atoms with Crippen LogP contribution in [0.1, 0.15) is 35.9 Å². The van der Waals surface area contributed by atoms with Crippen molar-refractivity contribution in [1.29, 1.82) is 0 Å². The van der Waals surface area contributed by atoms with Gasteiger partial charge in [-0.25, -0.2) is 4.68 Å². The van der Waals surface area contributed by atoms with Crippen molar-refractivity contribution in [3.05, 3.63) is 39.7 Å². The molecule has 0 radical (unpaired) electrons. The van der Waals surface area contributed by atoms with Gasteiger partial charge in [-0.1, -0.05) is 18.6 Å². The summed E-state index contributed by atoms with van der Waals surface area (Å²) < 4.78 is 6.67. The maximum absolute atomic E-state index is 11.1. The van der Waals surface area contributed by atoms with Gasteiger partial charge in [-0.05, 0) is 18.9 Å². The number of methoxy groups -OCH3 is 1. The summed E-state index contributed by atoms with van der Waals surface area (Å²) in [6, 6.07) is 4.21. The van der Waals surface area contributed by atoms with E-state index in [0.717, 1.165) is 12.8 Å². The van der Waals surface area contributed by atoms with Crippen molar-refractivity contribution in [2.24, 2.45) is 0 Å². The number of aromatic nitrogens is 3. The van der Waals surface area contributed by atoms with E-state index in [-0.39, 0.29) is 11.4 Å². The summed E-state index contributed by atoms with van der Waals surface area (Å²) in [5.41, 5.74) is 1.17. The number of nitrogens with zero attached hydrogens (tertiary/aromatic N) is 4. The fraction of sp³-hybridized carbons (Fsp3) is 0.357. The minimum absolute atomic E-state index is 0.0830. The molecule has 8 heteroatoms. The van der Waals surface area contributed by atoms with Crippen molar-refractivity contribution in [3.63, 3.8) is 0 Å². The van der Waals surface area contributed by atoms with E-state index in [1.54, 1.807) is 0 Å². The molecule has 1 aromatic carbocycles. The summed E-state index contributed by atoms with van der Waals surface area (Å²) in [6.45, 7) is 2.03. The summed E-state index contributed by atoms with van der Waals surface area (Å²) in [7, 11) is 1.47. The number of unbranched alkanes of at least 4 members (excludes halogenated alkanes) is 1. The lowest BCUT2D eigenvalue weighted by Gasteiger charge is -2.10. The Morgan fingerprint density at radius 3 is 2.82 bits per heavy atom. The maximum atomic E-state index is 11.1. The third-order valence-electron chi connectivity index (χ3n) is 3.27. The molecule has 0 bridgehead atoms. The van der Waals surface area contributed by atoms with Gasteiger partial charge in [0.25, 0.3) is 5.69 Å². The second-order valence-corrected chi connectivity index (χ2v) is 4.67. The summed E-state index contributed by atoms with van der Waals surface area (Å²) in [4.78, 5) is 21.6. The molecule has 0 N–H and O–H groups in total. The number of carbonyl (C=O) groups is 1. The van der Waals surface area contributed by atoms with Crippen LogP contribution in [0.15, 0.2) is 18.2 Å². The van der Waals surface area contributed by atoms with Gasteiger partial charge < -0.3 is 4.74 Å². The van der Waals surface area contributed by atoms with Crippen molar-refractivity contribution in [2.75, 3.05) is 7.11 Å². The first kappa shape index (κ1) is 15.6. The van der Waals surface area contributed by atoms with E-state index in [1.165, 1.54) is 30.0 Å². The Hall–Kier alpha value is -2.77. The van der Waals surface area contributed by atoms with Crippen LogP contribution >= 0.6 is 0 Å². The molecular weight excluding hydrogens is 288 g/mol. The van der Waals surface area contributed by atoms with Gasteiger partial charge in [0.15, 0.2) is 6.29 Å². The minimum Gasteiger partial charge on any atom is -0.494 e. The minimum atomic E-state index is -0.494. The highest BCUT2D eigenvalue weighted by molar-refractivity contribution is 5.73. The Labute approximate surface area is 126 Å². The van der Waals surface area contributed by atoms with Crippen LogP contribution in [0.4, 0.5) is 5.69 Å². The molecule has 1 aromatic heterocycles. The first-order valence-electron chi connectivity index (χ1n) is 6.85. The van der Waals surface area contributed by atoms with Gasteiger partial charge in [0, 0.05) is 12.1 Å². The Balaban J connectivity index is 2.59. The number of nitro groups is 1. The lowest BCUT2D eigenvalue weighted by molar-refractivity contribution is -0.384. The molecular formula is C14H16N4O4. The highest BCUT2D eigenvalue weighted by Crippen LogP contribution is 2.28. The third-order valence-corrected chi connectivity index (χ3v) is 3.27. The normalized spacial score (nSPS) is 10.5. The van der Waals surface area contributed by atoms with Crippen LogP contribution in [0.2, 0.25) is 0 Å². The number of benzene rings is 1. The number of aldehydes is 1. The molecule has 0 saturated heterocycles. The first-order valence-corrected chi connectivity index (χ1v) is 6.85. The highest BCUT2D eigenvalue weighted by atomic mass is 16.6. The number of hydrogen-bond donors (Lipinski definition) is 0. The number of non-ortho nitro benzene ring substituents is 1. The molecule has 0 amide bonds. The molecule has 2 rings (SSSR count). The average Bonchev–Trinajstić information content (AvgIpc) is 2.94. The van der Waals surface area contributed by atoms with Crippen LogP contribution < -0.4 is 4.74 Å². The maximum Gasteiger partial charge on any atom is 0.271 e. The fourth-order valence-corrected chi connectivity index (χ4v) is 2.13.